The third kappa shape index (κ3) is 3.63. The van der Waals surface area contributed by atoms with Crippen LogP contribution in [0.1, 0.15) is 11.1 Å². The van der Waals surface area contributed by atoms with Gasteiger partial charge in [0.05, 0.1) is 0 Å². The first-order chi connectivity index (χ1) is 11.1. The molecule has 126 valence electrons. The van der Waals surface area contributed by atoms with Crippen LogP contribution < -0.4 is 11.5 Å². The van der Waals surface area contributed by atoms with Crippen molar-refractivity contribution in [3.63, 3.8) is 0 Å². The monoisotopic (exact) mass is 364 g/mol. The van der Waals surface area contributed by atoms with Gasteiger partial charge in [0.25, 0.3) is 0 Å². The fourth-order valence-corrected chi connectivity index (χ4v) is 3.09. The molecule has 7 heteroatoms. The Labute approximate surface area is 151 Å². The first kappa shape index (κ1) is 18.1. The molecule has 2 aromatic rings. The summed E-state index contributed by atoms with van der Waals surface area (Å²) < 4.78 is 0. The summed E-state index contributed by atoms with van der Waals surface area (Å²) in [5.41, 5.74) is 14.9. The summed E-state index contributed by atoms with van der Waals surface area (Å²) in [6.07, 6.45) is 0.763. The van der Waals surface area contributed by atoms with Gasteiger partial charge >= 0.3 is 6.03 Å². The van der Waals surface area contributed by atoms with E-state index in [0.717, 1.165) is 23.1 Å². The summed E-state index contributed by atoms with van der Waals surface area (Å²) in [4.78, 5) is 17.4. The molecule has 4 N–H and O–H groups in total. The maximum absolute atomic E-state index is 12.1. The molecule has 0 aromatic heterocycles. The molecular weight excluding hydrogens is 347 g/mol. The van der Waals surface area contributed by atoms with E-state index < -0.39 is 6.03 Å². The number of nitrogens with two attached hydrogens (primary N) is 2. The van der Waals surface area contributed by atoms with Crippen molar-refractivity contribution in [2.75, 3.05) is 6.54 Å². The summed E-state index contributed by atoms with van der Waals surface area (Å²) in [6.45, 7) is 1.06. The molecule has 5 nitrogen and oxygen atoms in total. The van der Waals surface area contributed by atoms with Crippen molar-refractivity contribution in [2.45, 2.75) is 13.0 Å². The summed E-state index contributed by atoms with van der Waals surface area (Å²) >= 11 is 6.33. The van der Waals surface area contributed by atoms with Crippen molar-refractivity contribution in [2.24, 2.45) is 16.5 Å². The van der Waals surface area contributed by atoms with Gasteiger partial charge in [0.15, 0.2) is 5.96 Å². The predicted molar refractivity (Wildman–Crippen MR) is 99.5 cm³/mol. The molecule has 0 saturated heterocycles. The lowest BCUT2D eigenvalue weighted by molar-refractivity contribution is 0.203. The number of guanidine groups is 1. The molecule has 0 bridgehead atoms. The van der Waals surface area contributed by atoms with Crippen LogP contribution in [0.25, 0.3) is 11.1 Å². The number of benzene rings is 2. The normalized spacial score (nSPS) is 12.8. The highest BCUT2D eigenvalue weighted by molar-refractivity contribution is 6.33. The Kier molecular flexibility index (Phi) is 5.70. The fourth-order valence-electron chi connectivity index (χ4n) is 2.86. The van der Waals surface area contributed by atoms with E-state index in [2.05, 4.69) is 11.1 Å². The SMILES string of the molecule is Cl.NC(N)=NC(=O)N1CCc2cccc(-c3ccccc3Cl)c2C1. The molecule has 1 heterocycles. The van der Waals surface area contributed by atoms with Gasteiger partial charge in [-0.25, -0.2) is 4.79 Å². The Hall–Kier alpha value is -2.24. The molecule has 0 unspecified atom stereocenters. The lowest BCUT2D eigenvalue weighted by Crippen LogP contribution is -2.36. The molecule has 24 heavy (non-hydrogen) atoms. The summed E-state index contributed by atoms with van der Waals surface area (Å²) in [6, 6.07) is 13.4. The van der Waals surface area contributed by atoms with Gasteiger partial charge in [0.1, 0.15) is 0 Å². The number of aliphatic imine (C=N–C) groups is 1. The third-order valence-corrected chi connectivity index (χ3v) is 4.26. The molecule has 1 aliphatic rings. The number of halogens is 2. The van der Waals surface area contributed by atoms with Crippen LogP contribution in [0, 0.1) is 0 Å². The molecule has 3 rings (SSSR count). The van der Waals surface area contributed by atoms with Crippen molar-refractivity contribution in [3.05, 3.63) is 58.6 Å². The van der Waals surface area contributed by atoms with E-state index in [0.29, 0.717) is 18.1 Å². The van der Waals surface area contributed by atoms with Gasteiger partial charge in [-0.05, 0) is 29.2 Å². The van der Waals surface area contributed by atoms with E-state index in [4.69, 9.17) is 23.1 Å². The fraction of sp³-hybridized carbons (Fsp3) is 0.176. The highest BCUT2D eigenvalue weighted by atomic mass is 35.5. The molecule has 0 aliphatic carbocycles. The number of nitrogens with zero attached hydrogens (tertiary/aromatic N) is 2. The van der Waals surface area contributed by atoms with E-state index in [1.807, 2.05) is 36.4 Å². The number of carbonyl (C=O) groups is 1. The maximum atomic E-state index is 12.1. The van der Waals surface area contributed by atoms with Crippen molar-refractivity contribution in [1.82, 2.24) is 4.90 Å². The summed E-state index contributed by atoms with van der Waals surface area (Å²) in [5.74, 6) is -0.222. The number of fused-ring (bicyclic) bond motifs is 1. The molecule has 0 saturated carbocycles. The van der Waals surface area contributed by atoms with Crippen molar-refractivity contribution in [1.29, 1.82) is 0 Å². The minimum absolute atomic E-state index is 0. The van der Waals surface area contributed by atoms with E-state index in [9.17, 15) is 4.79 Å². The predicted octanol–water partition coefficient (Wildman–Crippen LogP) is 3.18. The van der Waals surface area contributed by atoms with Crippen molar-refractivity contribution < 1.29 is 4.79 Å². The van der Waals surface area contributed by atoms with E-state index in [1.54, 1.807) is 4.90 Å². The van der Waals surface area contributed by atoms with Crippen LogP contribution in [0.5, 0.6) is 0 Å². The van der Waals surface area contributed by atoms with Gasteiger partial charge in [-0.2, -0.15) is 4.99 Å². The zero-order chi connectivity index (χ0) is 16.4. The Morgan fingerprint density at radius 3 is 2.50 bits per heavy atom. The van der Waals surface area contributed by atoms with Crippen LogP contribution >= 0.6 is 24.0 Å². The van der Waals surface area contributed by atoms with Crippen molar-refractivity contribution >= 4 is 36.0 Å². The van der Waals surface area contributed by atoms with Gasteiger partial charge < -0.3 is 16.4 Å². The quantitative estimate of drug-likeness (QED) is 0.601. The number of hydrogen-bond acceptors (Lipinski definition) is 1. The molecule has 0 fully saturated rings. The molecule has 0 atom stereocenters. The highest BCUT2D eigenvalue weighted by Crippen LogP contribution is 2.34. The summed E-state index contributed by atoms with van der Waals surface area (Å²) in [5, 5.41) is 0.688. The average Bonchev–Trinajstić information content (AvgIpc) is 2.54. The second-order valence-electron chi connectivity index (χ2n) is 5.41. The van der Waals surface area contributed by atoms with Crippen LogP contribution in [-0.2, 0) is 13.0 Å². The van der Waals surface area contributed by atoms with Crippen LogP contribution in [-0.4, -0.2) is 23.4 Å². The smallest absolute Gasteiger partial charge is 0.347 e. The number of carbonyl (C=O) groups excluding carboxylic acids is 1. The van der Waals surface area contributed by atoms with Crippen LogP contribution in [0.4, 0.5) is 4.79 Å². The maximum Gasteiger partial charge on any atom is 0.347 e. The molecule has 2 aromatic carbocycles. The second kappa shape index (κ2) is 7.55. The van der Waals surface area contributed by atoms with Gasteiger partial charge in [-0.1, -0.05) is 48.0 Å². The Bertz CT molecular complexity index is 788. The standard InChI is InChI=1S/C17H17ClN4O.ClH/c18-15-7-2-1-5-13(15)12-6-3-4-11-8-9-22(10-14(11)12)17(23)21-16(19)20;/h1-7H,8-10H2,(H4,19,20,21,23);1H. The van der Waals surface area contributed by atoms with Crippen LogP contribution in [0.2, 0.25) is 5.02 Å². The minimum atomic E-state index is -0.412. The Morgan fingerprint density at radius 1 is 1.08 bits per heavy atom. The van der Waals surface area contributed by atoms with Gasteiger partial charge in [0.2, 0.25) is 0 Å². The topological polar surface area (TPSA) is 84.7 Å². The molecule has 0 radical (unpaired) electrons. The van der Waals surface area contributed by atoms with Gasteiger partial charge in [0, 0.05) is 23.7 Å². The second-order valence-corrected chi connectivity index (χ2v) is 5.82. The van der Waals surface area contributed by atoms with E-state index in [1.165, 1.54) is 5.56 Å². The zero-order valence-corrected chi connectivity index (χ0v) is 14.5. The van der Waals surface area contributed by atoms with Crippen molar-refractivity contribution in [3.8, 4) is 11.1 Å². The third-order valence-electron chi connectivity index (χ3n) is 3.93. The molecule has 2 amide bonds. The first-order valence-electron chi connectivity index (χ1n) is 7.30. The molecule has 1 aliphatic heterocycles. The largest absolute Gasteiger partial charge is 0.370 e. The number of hydrogen-bond donors (Lipinski definition) is 2. The summed E-state index contributed by atoms with van der Waals surface area (Å²) in [7, 11) is 0. The number of amides is 2. The lowest BCUT2D eigenvalue weighted by atomic mass is 9.91. The minimum Gasteiger partial charge on any atom is -0.370 e. The van der Waals surface area contributed by atoms with Gasteiger partial charge in [-0.3, -0.25) is 0 Å². The zero-order valence-electron chi connectivity index (χ0n) is 12.9. The molecular formula is C17H18Cl2N4O. The lowest BCUT2D eigenvalue weighted by Gasteiger charge is -2.29. The van der Waals surface area contributed by atoms with E-state index >= 15 is 0 Å². The van der Waals surface area contributed by atoms with Gasteiger partial charge in [-0.15, -0.1) is 12.4 Å². The number of urea groups is 1. The molecule has 0 spiro atoms. The Morgan fingerprint density at radius 2 is 1.79 bits per heavy atom. The highest BCUT2D eigenvalue weighted by Gasteiger charge is 2.23. The first-order valence-corrected chi connectivity index (χ1v) is 7.68. The van der Waals surface area contributed by atoms with E-state index in [-0.39, 0.29) is 18.4 Å². The van der Waals surface area contributed by atoms with Crippen LogP contribution in [0.15, 0.2) is 47.5 Å². The van der Waals surface area contributed by atoms with Crippen LogP contribution in [0.3, 0.4) is 0 Å². The number of rotatable bonds is 1. The average molecular weight is 365 g/mol. The Balaban J connectivity index is 0.00000208.